The van der Waals surface area contributed by atoms with Gasteiger partial charge < -0.3 is 4.74 Å². The number of rotatable bonds is 1. The van der Waals surface area contributed by atoms with Crippen LogP contribution >= 0.6 is 11.6 Å². The molecule has 1 aliphatic heterocycles. The average Bonchev–Trinajstić information content (AvgIpc) is 2.08. The fourth-order valence-electron chi connectivity index (χ4n) is 0.758. The molecule has 1 N–H and O–H groups in total. The van der Waals surface area contributed by atoms with E-state index in [1.54, 1.807) is 0 Å². The largest absolute Gasteiger partial charge is 0.445 e. The van der Waals surface area contributed by atoms with Gasteiger partial charge in [-0.1, -0.05) is 11.6 Å². The highest BCUT2D eigenvalue weighted by Crippen LogP contribution is 2.22. The van der Waals surface area contributed by atoms with Crippen LogP contribution in [0.15, 0.2) is 0 Å². The van der Waals surface area contributed by atoms with Gasteiger partial charge in [-0.25, -0.2) is 0 Å². The van der Waals surface area contributed by atoms with Crippen molar-refractivity contribution in [1.82, 2.24) is 0 Å². The Hall–Kier alpha value is -0.330. The van der Waals surface area contributed by atoms with Gasteiger partial charge in [0, 0.05) is 6.42 Å². The summed E-state index contributed by atoms with van der Waals surface area (Å²) in [5, 5.41) is -1.51. The monoisotopic (exact) mass is 200 g/mol. The zero-order valence-electron chi connectivity index (χ0n) is 5.23. The van der Waals surface area contributed by atoms with E-state index in [9.17, 15) is 13.2 Å². The van der Waals surface area contributed by atoms with Crippen molar-refractivity contribution >= 4 is 27.7 Å². The van der Waals surface area contributed by atoms with Gasteiger partial charge in [0.15, 0.2) is 10.8 Å². The molecule has 2 atom stereocenters. The van der Waals surface area contributed by atoms with Gasteiger partial charge >= 0.3 is 5.97 Å². The smallest absolute Gasteiger partial charge is 0.328 e. The molecule has 11 heavy (non-hydrogen) atoms. The molecule has 1 heterocycles. The van der Waals surface area contributed by atoms with Crippen molar-refractivity contribution in [3.63, 3.8) is 0 Å². The van der Waals surface area contributed by atoms with Crippen LogP contribution in [-0.2, 0) is 19.6 Å². The normalized spacial score (nSPS) is 32.0. The third-order valence-corrected chi connectivity index (χ3v) is 2.64. The molecule has 5 nitrogen and oxygen atoms in total. The average molecular weight is 201 g/mol. The van der Waals surface area contributed by atoms with Crippen LogP contribution in [-0.4, -0.2) is 29.8 Å². The Morgan fingerprint density at radius 3 is 2.36 bits per heavy atom. The van der Waals surface area contributed by atoms with Gasteiger partial charge in [0.05, 0.1) is 0 Å². The highest BCUT2D eigenvalue weighted by molar-refractivity contribution is 7.87. The van der Waals surface area contributed by atoms with Crippen LogP contribution in [0.1, 0.15) is 6.42 Å². The minimum atomic E-state index is -4.34. The summed E-state index contributed by atoms with van der Waals surface area (Å²) in [6.45, 7) is 0. The number of carbonyl (C=O) groups is 1. The molecule has 0 spiro atoms. The predicted octanol–water partition coefficient (Wildman–Crippen LogP) is -0.245. The Morgan fingerprint density at radius 1 is 1.64 bits per heavy atom. The Labute approximate surface area is 68.0 Å². The SMILES string of the molecule is O=C1OC(Cl)CC1S(=O)(=O)O. The van der Waals surface area contributed by atoms with Crippen molar-refractivity contribution in [2.24, 2.45) is 0 Å². The van der Waals surface area contributed by atoms with Crippen molar-refractivity contribution in [3.8, 4) is 0 Å². The van der Waals surface area contributed by atoms with Crippen molar-refractivity contribution in [1.29, 1.82) is 0 Å². The third kappa shape index (κ3) is 1.82. The lowest BCUT2D eigenvalue weighted by Crippen LogP contribution is -2.24. The number of cyclic esters (lactones) is 1. The van der Waals surface area contributed by atoms with E-state index in [-0.39, 0.29) is 6.42 Å². The quantitative estimate of drug-likeness (QED) is 0.359. The van der Waals surface area contributed by atoms with E-state index in [1.165, 1.54) is 0 Å². The molecule has 0 aromatic heterocycles. The molecule has 7 heteroatoms. The Balaban J connectivity index is 2.85. The second-order valence-corrected chi connectivity index (χ2v) is 4.17. The highest BCUT2D eigenvalue weighted by atomic mass is 35.5. The molecule has 0 amide bonds. The molecule has 2 unspecified atom stereocenters. The second-order valence-electron chi connectivity index (χ2n) is 2.09. The van der Waals surface area contributed by atoms with Gasteiger partial charge in [0.1, 0.15) is 0 Å². The molecule has 1 aliphatic rings. The van der Waals surface area contributed by atoms with Crippen molar-refractivity contribution in [3.05, 3.63) is 0 Å². The number of alkyl halides is 1. The minimum Gasteiger partial charge on any atom is -0.445 e. The summed E-state index contributed by atoms with van der Waals surface area (Å²) in [4.78, 5) is 10.6. The van der Waals surface area contributed by atoms with Crippen LogP contribution in [0.4, 0.5) is 0 Å². The summed E-state index contributed by atoms with van der Waals surface area (Å²) in [5.74, 6) is -0.993. The first kappa shape index (κ1) is 8.76. The fourth-order valence-corrected chi connectivity index (χ4v) is 1.85. The first-order chi connectivity index (χ1) is 4.91. The number of esters is 1. The maximum absolute atomic E-state index is 10.6. The molecule has 1 fully saturated rings. The van der Waals surface area contributed by atoms with Crippen LogP contribution in [0.5, 0.6) is 0 Å². The first-order valence-corrected chi connectivity index (χ1v) is 4.66. The molecule has 1 saturated heterocycles. The van der Waals surface area contributed by atoms with Gasteiger partial charge in [-0.2, -0.15) is 8.42 Å². The lowest BCUT2D eigenvalue weighted by Gasteiger charge is -1.97. The second kappa shape index (κ2) is 2.62. The summed E-state index contributed by atoms with van der Waals surface area (Å²) in [5.41, 5.74) is -0.950. The van der Waals surface area contributed by atoms with Crippen LogP contribution in [0.2, 0.25) is 0 Å². The summed E-state index contributed by atoms with van der Waals surface area (Å²) >= 11 is 5.29. The molecule has 1 rings (SSSR count). The molecular formula is C4H5ClO5S. The van der Waals surface area contributed by atoms with E-state index >= 15 is 0 Å². The maximum Gasteiger partial charge on any atom is 0.328 e. The molecule has 0 aliphatic carbocycles. The third-order valence-electron chi connectivity index (χ3n) is 1.27. The van der Waals surface area contributed by atoms with Gasteiger partial charge in [-0.15, -0.1) is 0 Å². The zero-order valence-corrected chi connectivity index (χ0v) is 6.80. The molecule has 0 aromatic rings. The molecule has 64 valence electrons. The van der Waals surface area contributed by atoms with Crippen LogP contribution in [0.3, 0.4) is 0 Å². The number of hydrogen-bond donors (Lipinski definition) is 1. The predicted molar refractivity (Wildman–Crippen MR) is 35.7 cm³/mol. The van der Waals surface area contributed by atoms with E-state index in [4.69, 9.17) is 16.2 Å². The maximum atomic E-state index is 10.6. The van der Waals surface area contributed by atoms with E-state index in [0.717, 1.165) is 0 Å². The molecule has 0 bridgehead atoms. The minimum absolute atomic E-state index is 0.195. The molecule has 0 aromatic carbocycles. The Bertz CT molecular complexity index is 270. The number of ether oxygens (including phenoxy) is 1. The summed E-state index contributed by atoms with van der Waals surface area (Å²) in [6, 6.07) is 0. The van der Waals surface area contributed by atoms with Gasteiger partial charge in [0.2, 0.25) is 0 Å². The van der Waals surface area contributed by atoms with Crippen LogP contribution in [0.25, 0.3) is 0 Å². The summed E-state index contributed by atoms with van der Waals surface area (Å²) in [6.07, 6.45) is -0.195. The summed E-state index contributed by atoms with van der Waals surface area (Å²) in [7, 11) is -4.34. The van der Waals surface area contributed by atoms with Crippen molar-refractivity contribution in [2.75, 3.05) is 0 Å². The zero-order chi connectivity index (χ0) is 8.65. The van der Waals surface area contributed by atoms with Gasteiger partial charge in [-0.3, -0.25) is 9.35 Å². The lowest BCUT2D eigenvalue weighted by atomic mass is 10.4. The van der Waals surface area contributed by atoms with Crippen LogP contribution in [0, 0.1) is 0 Å². The van der Waals surface area contributed by atoms with E-state index in [0.29, 0.717) is 0 Å². The van der Waals surface area contributed by atoms with Gasteiger partial charge in [-0.05, 0) is 0 Å². The molecule has 0 saturated carbocycles. The molecule has 0 radical (unpaired) electrons. The van der Waals surface area contributed by atoms with Crippen molar-refractivity contribution < 1.29 is 22.5 Å². The fraction of sp³-hybridized carbons (Fsp3) is 0.750. The molecular weight excluding hydrogens is 196 g/mol. The van der Waals surface area contributed by atoms with Crippen molar-refractivity contribution in [2.45, 2.75) is 17.2 Å². The standard InChI is InChI=1S/C4H5ClO5S/c5-3-1-2(4(6)10-3)11(7,8)9/h2-3H,1H2,(H,7,8,9). The van der Waals surface area contributed by atoms with E-state index in [1.807, 2.05) is 0 Å². The van der Waals surface area contributed by atoms with E-state index < -0.39 is 26.9 Å². The first-order valence-electron chi connectivity index (χ1n) is 2.72. The van der Waals surface area contributed by atoms with E-state index in [2.05, 4.69) is 4.74 Å². The van der Waals surface area contributed by atoms with Gasteiger partial charge in [0.25, 0.3) is 10.1 Å². The highest BCUT2D eigenvalue weighted by Gasteiger charge is 2.41. The number of carbonyl (C=O) groups excluding carboxylic acids is 1. The summed E-state index contributed by atoms with van der Waals surface area (Å²) < 4.78 is 33.5. The Morgan fingerprint density at radius 2 is 2.18 bits per heavy atom. The van der Waals surface area contributed by atoms with Crippen LogP contribution < -0.4 is 0 Å². The number of hydrogen-bond acceptors (Lipinski definition) is 4. The Kier molecular flexibility index (Phi) is 2.08. The lowest BCUT2D eigenvalue weighted by molar-refractivity contribution is -0.138. The number of halogens is 1. The topological polar surface area (TPSA) is 80.7 Å².